The van der Waals surface area contributed by atoms with Gasteiger partial charge in [0.1, 0.15) is 6.61 Å². The highest BCUT2D eigenvalue weighted by atomic mass is 32.1. The third kappa shape index (κ3) is 4.65. The first kappa shape index (κ1) is 14.5. The maximum Gasteiger partial charge on any atom is 0.261 e. The molecule has 0 unspecified atom stereocenters. The molecule has 0 aliphatic carbocycles. The van der Waals surface area contributed by atoms with Gasteiger partial charge in [0.15, 0.2) is 0 Å². The zero-order chi connectivity index (χ0) is 12.8. The fraction of sp³-hybridized carbons (Fsp3) is 0.727. The summed E-state index contributed by atoms with van der Waals surface area (Å²) in [5, 5.41) is 0.906. The number of aromatic nitrogens is 1. The monoisotopic (exact) mass is 264 g/mol. The number of thiazole rings is 1. The lowest BCUT2D eigenvalue weighted by molar-refractivity contribution is 0.0187. The van der Waals surface area contributed by atoms with Crippen LogP contribution in [-0.4, -0.2) is 24.6 Å². The molecule has 1 heterocycles. The van der Waals surface area contributed by atoms with Gasteiger partial charge < -0.3 is 10.5 Å². The molecular weight excluding hydrogens is 246 g/mol. The molecule has 1 aromatic heterocycles. The molecule has 0 aliphatic heterocycles. The van der Waals surface area contributed by atoms with Crippen LogP contribution in [0.2, 0.25) is 0 Å². The quantitative estimate of drug-likeness (QED) is 0.770. The number of alkyl halides is 2. The summed E-state index contributed by atoms with van der Waals surface area (Å²) in [7, 11) is 0. The number of ether oxygens (including phenoxy) is 1. The molecule has 2 N–H and O–H groups in total. The Morgan fingerprint density at radius 2 is 2.12 bits per heavy atom. The third-order valence-corrected chi connectivity index (χ3v) is 3.36. The number of nitrogens with two attached hydrogens (primary N) is 1. The Kier molecular flexibility index (Phi) is 5.94. The van der Waals surface area contributed by atoms with Crippen LogP contribution in [0.15, 0.2) is 0 Å². The second kappa shape index (κ2) is 6.98. The van der Waals surface area contributed by atoms with Crippen molar-refractivity contribution in [2.75, 3.05) is 13.2 Å². The molecule has 0 amide bonds. The molecule has 0 saturated heterocycles. The Labute approximate surface area is 104 Å². The molecule has 0 atom stereocenters. The summed E-state index contributed by atoms with van der Waals surface area (Å²) in [4.78, 5) is 5.54. The predicted octanol–water partition coefficient (Wildman–Crippen LogP) is 2.55. The van der Waals surface area contributed by atoms with E-state index in [2.05, 4.69) is 18.8 Å². The first-order valence-electron chi connectivity index (χ1n) is 5.59. The van der Waals surface area contributed by atoms with Crippen molar-refractivity contribution in [2.24, 2.45) is 5.73 Å². The Balaban J connectivity index is 2.49. The summed E-state index contributed by atoms with van der Waals surface area (Å²) in [6.45, 7) is 4.37. The molecule has 0 saturated carbocycles. The van der Waals surface area contributed by atoms with Gasteiger partial charge in [-0.2, -0.15) is 0 Å². The molecule has 6 heteroatoms. The summed E-state index contributed by atoms with van der Waals surface area (Å²) in [5.41, 5.74) is 6.65. The van der Waals surface area contributed by atoms with Gasteiger partial charge in [-0.3, -0.25) is 0 Å². The van der Waals surface area contributed by atoms with Gasteiger partial charge in [0.05, 0.1) is 17.3 Å². The summed E-state index contributed by atoms with van der Waals surface area (Å²) < 4.78 is 28.5. The lowest BCUT2D eigenvalue weighted by Crippen LogP contribution is -2.07. The van der Waals surface area contributed by atoms with Crippen LogP contribution in [0, 0.1) is 0 Å². The zero-order valence-corrected chi connectivity index (χ0v) is 10.9. The van der Waals surface area contributed by atoms with Crippen LogP contribution >= 0.6 is 11.3 Å². The molecule has 0 aliphatic rings. The van der Waals surface area contributed by atoms with E-state index in [1.165, 1.54) is 0 Å². The molecule has 17 heavy (non-hydrogen) atoms. The van der Waals surface area contributed by atoms with E-state index in [0.717, 1.165) is 15.6 Å². The smallest absolute Gasteiger partial charge is 0.261 e. The van der Waals surface area contributed by atoms with E-state index in [1.807, 2.05) is 0 Å². The Morgan fingerprint density at radius 3 is 2.59 bits per heavy atom. The van der Waals surface area contributed by atoms with Gasteiger partial charge in [-0.05, 0) is 5.92 Å². The fourth-order valence-electron chi connectivity index (χ4n) is 1.45. The molecule has 0 fully saturated rings. The van der Waals surface area contributed by atoms with Gasteiger partial charge in [-0.15, -0.1) is 11.3 Å². The summed E-state index contributed by atoms with van der Waals surface area (Å²) in [6, 6.07) is 0. The maximum atomic E-state index is 11.8. The first-order valence-corrected chi connectivity index (χ1v) is 6.40. The third-order valence-electron chi connectivity index (χ3n) is 2.21. The molecule has 1 rings (SSSR count). The molecule has 3 nitrogen and oxygen atoms in total. The SMILES string of the molecule is CC(C)c1nc(CCOCC(F)F)sc1CN. The van der Waals surface area contributed by atoms with Crippen LogP contribution in [0.1, 0.15) is 35.3 Å². The molecule has 98 valence electrons. The predicted molar refractivity (Wildman–Crippen MR) is 64.6 cm³/mol. The molecule has 0 radical (unpaired) electrons. The van der Waals surface area contributed by atoms with Crippen molar-refractivity contribution in [2.45, 2.75) is 39.2 Å². The second-order valence-corrected chi connectivity index (χ2v) is 5.16. The van der Waals surface area contributed by atoms with E-state index in [1.54, 1.807) is 11.3 Å². The van der Waals surface area contributed by atoms with E-state index in [-0.39, 0.29) is 6.61 Å². The van der Waals surface area contributed by atoms with Crippen LogP contribution in [0.5, 0.6) is 0 Å². The van der Waals surface area contributed by atoms with Crippen LogP contribution in [-0.2, 0) is 17.7 Å². The second-order valence-electron chi connectivity index (χ2n) is 3.99. The lowest BCUT2D eigenvalue weighted by atomic mass is 10.1. The number of rotatable bonds is 7. The van der Waals surface area contributed by atoms with Crippen molar-refractivity contribution in [3.8, 4) is 0 Å². The maximum absolute atomic E-state index is 11.8. The summed E-state index contributed by atoms with van der Waals surface area (Å²) in [5.74, 6) is 0.334. The lowest BCUT2D eigenvalue weighted by Gasteiger charge is -2.02. The largest absolute Gasteiger partial charge is 0.375 e. The van der Waals surface area contributed by atoms with Crippen LogP contribution in [0.25, 0.3) is 0 Å². The van der Waals surface area contributed by atoms with Crippen LogP contribution < -0.4 is 5.73 Å². The molecular formula is C11H18F2N2OS. The number of hydrogen-bond acceptors (Lipinski definition) is 4. The molecule has 0 spiro atoms. The van der Waals surface area contributed by atoms with Crippen LogP contribution in [0.4, 0.5) is 8.78 Å². The summed E-state index contributed by atoms with van der Waals surface area (Å²) >= 11 is 1.54. The number of nitrogens with zero attached hydrogens (tertiary/aromatic N) is 1. The Bertz CT molecular complexity index is 342. The van der Waals surface area contributed by atoms with Gasteiger partial charge in [-0.25, -0.2) is 13.8 Å². The topological polar surface area (TPSA) is 48.1 Å². The van der Waals surface area contributed by atoms with E-state index >= 15 is 0 Å². The van der Waals surface area contributed by atoms with E-state index in [4.69, 9.17) is 10.5 Å². The normalized spacial score (nSPS) is 11.7. The van der Waals surface area contributed by atoms with Gasteiger partial charge in [0, 0.05) is 17.8 Å². The first-order chi connectivity index (χ1) is 8.04. The fourth-order valence-corrected chi connectivity index (χ4v) is 2.53. The number of hydrogen-bond donors (Lipinski definition) is 1. The Morgan fingerprint density at radius 1 is 1.41 bits per heavy atom. The van der Waals surface area contributed by atoms with Crippen molar-refractivity contribution in [3.63, 3.8) is 0 Å². The number of halogens is 2. The van der Waals surface area contributed by atoms with Crippen molar-refractivity contribution in [3.05, 3.63) is 15.6 Å². The van der Waals surface area contributed by atoms with Gasteiger partial charge in [0.25, 0.3) is 6.43 Å². The standard InChI is InChI=1S/C11H18F2N2OS/c1-7(2)11-8(5-14)17-10(15-11)3-4-16-6-9(12)13/h7,9H,3-6,14H2,1-2H3. The van der Waals surface area contributed by atoms with Crippen molar-refractivity contribution < 1.29 is 13.5 Å². The summed E-state index contributed by atoms with van der Waals surface area (Å²) in [6.07, 6.45) is -1.84. The van der Waals surface area contributed by atoms with E-state index in [9.17, 15) is 8.78 Å². The Hall–Kier alpha value is -0.590. The van der Waals surface area contributed by atoms with E-state index in [0.29, 0.717) is 18.9 Å². The minimum atomic E-state index is -2.41. The highest BCUT2D eigenvalue weighted by Crippen LogP contribution is 2.24. The molecule has 1 aromatic rings. The average Bonchev–Trinajstić information content (AvgIpc) is 2.67. The van der Waals surface area contributed by atoms with E-state index < -0.39 is 13.0 Å². The molecule has 0 aromatic carbocycles. The average molecular weight is 264 g/mol. The minimum absolute atomic E-state index is 0.277. The van der Waals surface area contributed by atoms with Crippen molar-refractivity contribution in [1.29, 1.82) is 0 Å². The molecule has 0 bridgehead atoms. The van der Waals surface area contributed by atoms with Gasteiger partial charge in [-0.1, -0.05) is 13.8 Å². The van der Waals surface area contributed by atoms with Crippen molar-refractivity contribution >= 4 is 11.3 Å². The highest BCUT2D eigenvalue weighted by Gasteiger charge is 2.13. The highest BCUT2D eigenvalue weighted by molar-refractivity contribution is 7.11. The van der Waals surface area contributed by atoms with Gasteiger partial charge in [0.2, 0.25) is 0 Å². The van der Waals surface area contributed by atoms with Gasteiger partial charge >= 0.3 is 0 Å². The zero-order valence-electron chi connectivity index (χ0n) is 10.1. The van der Waals surface area contributed by atoms with Crippen molar-refractivity contribution in [1.82, 2.24) is 4.98 Å². The minimum Gasteiger partial charge on any atom is -0.375 e. The van der Waals surface area contributed by atoms with Crippen LogP contribution in [0.3, 0.4) is 0 Å².